The maximum Gasteiger partial charge on any atom is 0.282 e. The minimum Gasteiger partial charge on any atom is -0.490 e. The van der Waals surface area contributed by atoms with E-state index in [2.05, 4.69) is 10.0 Å². The van der Waals surface area contributed by atoms with Crippen molar-refractivity contribution in [1.29, 1.82) is 0 Å². The van der Waals surface area contributed by atoms with Crippen molar-refractivity contribution in [3.05, 3.63) is 42.5 Å². The lowest BCUT2D eigenvalue weighted by Gasteiger charge is -2.14. The number of fused-ring (bicyclic) bond motifs is 1. The Bertz CT molecular complexity index is 1090. The van der Waals surface area contributed by atoms with Crippen molar-refractivity contribution in [3.8, 4) is 11.5 Å². The van der Waals surface area contributed by atoms with Crippen molar-refractivity contribution >= 4 is 44.3 Å². The third-order valence-corrected chi connectivity index (χ3v) is 6.90. The molecule has 2 aromatic rings. The molecule has 1 fully saturated rings. The van der Waals surface area contributed by atoms with Crippen LogP contribution in [0.4, 0.5) is 16.2 Å². The molecule has 11 heteroatoms. The molecule has 164 valence electrons. The topological polar surface area (TPSA) is 114 Å². The van der Waals surface area contributed by atoms with Crippen LogP contribution in [0.5, 0.6) is 11.5 Å². The highest BCUT2D eigenvalue weighted by Gasteiger charge is 2.23. The van der Waals surface area contributed by atoms with Gasteiger partial charge in [0.05, 0.1) is 18.1 Å². The van der Waals surface area contributed by atoms with Gasteiger partial charge in [0.1, 0.15) is 6.54 Å². The zero-order chi connectivity index (χ0) is 21.8. The Morgan fingerprint density at radius 3 is 2.45 bits per heavy atom. The molecule has 0 saturated carbocycles. The molecular formula is C20H21N3O6S2. The average Bonchev–Trinajstić information content (AvgIpc) is 2.99. The van der Waals surface area contributed by atoms with Crippen LogP contribution in [0.25, 0.3) is 0 Å². The van der Waals surface area contributed by atoms with E-state index in [1.165, 1.54) is 28.8 Å². The van der Waals surface area contributed by atoms with Crippen LogP contribution in [0.1, 0.15) is 6.42 Å². The van der Waals surface area contributed by atoms with Crippen LogP contribution in [-0.2, 0) is 14.8 Å². The van der Waals surface area contributed by atoms with Gasteiger partial charge >= 0.3 is 0 Å². The van der Waals surface area contributed by atoms with E-state index >= 15 is 0 Å². The molecule has 2 aromatic carbocycles. The van der Waals surface area contributed by atoms with Gasteiger partial charge in [0, 0.05) is 36.2 Å². The lowest BCUT2D eigenvalue weighted by Crippen LogP contribution is -2.33. The number of amides is 2. The monoisotopic (exact) mass is 463 g/mol. The quantitative estimate of drug-likeness (QED) is 0.677. The Balaban J connectivity index is 1.39. The van der Waals surface area contributed by atoms with Gasteiger partial charge in [-0.25, -0.2) is 8.42 Å². The van der Waals surface area contributed by atoms with E-state index in [1.807, 2.05) is 0 Å². The van der Waals surface area contributed by atoms with E-state index in [9.17, 15) is 18.0 Å². The van der Waals surface area contributed by atoms with E-state index in [4.69, 9.17) is 9.47 Å². The molecule has 2 aliphatic heterocycles. The van der Waals surface area contributed by atoms with Crippen molar-refractivity contribution in [2.45, 2.75) is 11.3 Å². The Hall–Kier alpha value is -2.92. The molecule has 0 unspecified atom stereocenters. The maximum absolute atomic E-state index is 12.7. The summed E-state index contributed by atoms with van der Waals surface area (Å²) in [6.07, 6.45) is 0.727. The SMILES string of the molecule is O=C(CN1CCSC1=O)Nc1ccc(NS(=O)(=O)c2ccc3c(c2)OCCCO3)cc1. The first-order chi connectivity index (χ1) is 14.9. The minimum absolute atomic E-state index is 0.00960. The van der Waals surface area contributed by atoms with Gasteiger partial charge in [-0.2, -0.15) is 0 Å². The second kappa shape index (κ2) is 9.06. The fourth-order valence-electron chi connectivity index (χ4n) is 3.09. The molecule has 0 aromatic heterocycles. The number of rotatable bonds is 6. The van der Waals surface area contributed by atoms with Gasteiger partial charge in [0.25, 0.3) is 15.3 Å². The summed E-state index contributed by atoms with van der Waals surface area (Å²) >= 11 is 1.19. The Morgan fingerprint density at radius 2 is 1.74 bits per heavy atom. The van der Waals surface area contributed by atoms with E-state index in [0.717, 1.165) is 6.42 Å². The molecule has 9 nitrogen and oxygen atoms in total. The molecule has 31 heavy (non-hydrogen) atoms. The van der Waals surface area contributed by atoms with Crippen LogP contribution < -0.4 is 19.5 Å². The summed E-state index contributed by atoms with van der Waals surface area (Å²) in [4.78, 5) is 25.2. The molecule has 0 atom stereocenters. The molecule has 1 saturated heterocycles. The van der Waals surface area contributed by atoms with Gasteiger partial charge in [-0.05, 0) is 36.4 Å². The third kappa shape index (κ3) is 5.23. The fraction of sp³-hybridized carbons (Fsp3) is 0.300. The number of nitrogens with zero attached hydrogens (tertiary/aromatic N) is 1. The summed E-state index contributed by atoms with van der Waals surface area (Å²) in [5.74, 6) is 1.29. The normalized spacial score (nSPS) is 16.0. The van der Waals surface area contributed by atoms with Gasteiger partial charge in [0.2, 0.25) is 5.91 Å². The summed E-state index contributed by atoms with van der Waals surface area (Å²) in [5.41, 5.74) is 0.846. The summed E-state index contributed by atoms with van der Waals surface area (Å²) in [7, 11) is -3.84. The number of hydrogen-bond donors (Lipinski definition) is 2. The number of carbonyl (C=O) groups is 2. The van der Waals surface area contributed by atoms with Gasteiger partial charge in [-0.1, -0.05) is 11.8 Å². The molecule has 2 aliphatic rings. The second-order valence-electron chi connectivity index (χ2n) is 6.93. The van der Waals surface area contributed by atoms with E-state index in [1.54, 1.807) is 30.3 Å². The molecule has 2 heterocycles. The standard InChI is InChI=1S/C20H21N3O6S2/c24-19(13-23-8-11-30-20(23)25)21-14-2-4-15(5-3-14)22-31(26,27)16-6-7-17-18(12-16)29-10-1-9-28-17/h2-7,12,22H,1,8-11,13H2,(H,21,24). The smallest absolute Gasteiger partial charge is 0.282 e. The van der Waals surface area contributed by atoms with Crippen molar-refractivity contribution in [1.82, 2.24) is 4.90 Å². The summed E-state index contributed by atoms with van der Waals surface area (Å²) in [6.45, 7) is 1.53. The summed E-state index contributed by atoms with van der Waals surface area (Å²) in [5, 5.41) is 2.60. The Labute approximate surface area is 184 Å². The Morgan fingerprint density at radius 1 is 1.03 bits per heavy atom. The van der Waals surface area contributed by atoms with Crippen LogP contribution in [0.2, 0.25) is 0 Å². The number of anilines is 2. The van der Waals surface area contributed by atoms with E-state index in [0.29, 0.717) is 48.4 Å². The third-order valence-electron chi connectivity index (χ3n) is 4.63. The highest BCUT2D eigenvalue weighted by atomic mass is 32.2. The van der Waals surface area contributed by atoms with Crippen molar-refractivity contribution in [3.63, 3.8) is 0 Å². The molecule has 4 rings (SSSR count). The number of nitrogens with one attached hydrogen (secondary N) is 2. The first-order valence-corrected chi connectivity index (χ1v) is 12.1. The highest BCUT2D eigenvalue weighted by Crippen LogP contribution is 2.32. The zero-order valence-electron chi connectivity index (χ0n) is 16.5. The second-order valence-corrected chi connectivity index (χ2v) is 9.65. The molecule has 0 radical (unpaired) electrons. The number of ether oxygens (including phenoxy) is 2. The first-order valence-electron chi connectivity index (χ1n) is 9.65. The molecule has 0 bridgehead atoms. The van der Waals surface area contributed by atoms with Gasteiger partial charge < -0.3 is 19.7 Å². The molecule has 0 spiro atoms. The van der Waals surface area contributed by atoms with Gasteiger partial charge in [-0.3, -0.25) is 14.3 Å². The summed E-state index contributed by atoms with van der Waals surface area (Å²) in [6, 6.07) is 10.8. The molecule has 0 aliphatic carbocycles. The Kier molecular flexibility index (Phi) is 6.23. The number of carbonyl (C=O) groups excluding carboxylic acids is 2. The van der Waals surface area contributed by atoms with Gasteiger partial charge in [-0.15, -0.1) is 0 Å². The molecule has 2 N–H and O–H groups in total. The summed E-state index contributed by atoms with van der Waals surface area (Å²) < 4.78 is 39.1. The van der Waals surface area contributed by atoms with Crippen LogP contribution in [0.3, 0.4) is 0 Å². The maximum atomic E-state index is 12.7. The van der Waals surface area contributed by atoms with Crippen LogP contribution in [-0.4, -0.2) is 56.5 Å². The minimum atomic E-state index is -3.84. The number of sulfonamides is 1. The van der Waals surface area contributed by atoms with Crippen LogP contribution in [0, 0.1) is 0 Å². The molecule has 2 amide bonds. The fourth-order valence-corrected chi connectivity index (χ4v) is 4.99. The lowest BCUT2D eigenvalue weighted by molar-refractivity contribution is -0.116. The van der Waals surface area contributed by atoms with E-state index < -0.39 is 10.0 Å². The zero-order valence-corrected chi connectivity index (χ0v) is 18.1. The number of hydrogen-bond acceptors (Lipinski definition) is 7. The number of thioether (sulfide) groups is 1. The lowest BCUT2D eigenvalue weighted by atomic mass is 10.3. The van der Waals surface area contributed by atoms with Crippen molar-refractivity contribution in [2.75, 3.05) is 42.1 Å². The number of benzene rings is 2. The highest BCUT2D eigenvalue weighted by molar-refractivity contribution is 8.13. The van der Waals surface area contributed by atoms with Crippen LogP contribution >= 0.6 is 11.8 Å². The largest absolute Gasteiger partial charge is 0.490 e. The predicted molar refractivity (Wildman–Crippen MR) is 117 cm³/mol. The predicted octanol–water partition coefficient (Wildman–Crippen LogP) is 2.76. The van der Waals surface area contributed by atoms with Gasteiger partial charge in [0.15, 0.2) is 11.5 Å². The van der Waals surface area contributed by atoms with E-state index in [-0.39, 0.29) is 22.6 Å². The first kappa shape index (κ1) is 21.3. The average molecular weight is 464 g/mol. The van der Waals surface area contributed by atoms with Crippen LogP contribution in [0.15, 0.2) is 47.4 Å². The van der Waals surface area contributed by atoms with Crippen molar-refractivity contribution < 1.29 is 27.5 Å². The van der Waals surface area contributed by atoms with Crippen molar-refractivity contribution in [2.24, 2.45) is 0 Å². The molecular weight excluding hydrogens is 442 g/mol.